The number of halogens is 5. The van der Waals surface area contributed by atoms with Gasteiger partial charge >= 0.3 is 6.18 Å². The minimum Gasteiger partial charge on any atom is -0.288 e. The van der Waals surface area contributed by atoms with Crippen LogP contribution >= 0.6 is 0 Å². The molecule has 0 fully saturated rings. The summed E-state index contributed by atoms with van der Waals surface area (Å²) in [6.45, 7) is 1.28. The summed E-state index contributed by atoms with van der Waals surface area (Å²) >= 11 is 0. The molecule has 0 aliphatic carbocycles. The van der Waals surface area contributed by atoms with Crippen LogP contribution in [0.1, 0.15) is 27.0 Å². The second-order valence-corrected chi connectivity index (χ2v) is 4.30. The van der Waals surface area contributed by atoms with E-state index in [0.29, 0.717) is 12.3 Å². The third-order valence-electron chi connectivity index (χ3n) is 2.88. The molecule has 21 heavy (non-hydrogen) atoms. The van der Waals surface area contributed by atoms with Crippen molar-refractivity contribution in [2.75, 3.05) is 0 Å². The summed E-state index contributed by atoms with van der Waals surface area (Å²) in [5.74, 6) is -3.80. The summed E-state index contributed by atoms with van der Waals surface area (Å²) in [4.78, 5) is 15.5. The van der Waals surface area contributed by atoms with Gasteiger partial charge in [-0.25, -0.2) is 8.78 Å². The van der Waals surface area contributed by atoms with Crippen molar-refractivity contribution in [2.24, 2.45) is 0 Å². The summed E-state index contributed by atoms with van der Waals surface area (Å²) in [7, 11) is 0. The monoisotopic (exact) mass is 301 g/mol. The lowest BCUT2D eigenvalue weighted by Gasteiger charge is -2.12. The van der Waals surface area contributed by atoms with Gasteiger partial charge < -0.3 is 0 Å². The van der Waals surface area contributed by atoms with Gasteiger partial charge in [0.1, 0.15) is 11.6 Å². The maximum Gasteiger partial charge on any atom is 0.417 e. The zero-order valence-corrected chi connectivity index (χ0v) is 10.6. The molecule has 0 saturated heterocycles. The number of carbonyl (C=O) groups excluding carboxylic acids is 1. The first-order valence-corrected chi connectivity index (χ1v) is 5.74. The van der Waals surface area contributed by atoms with Crippen LogP contribution in [0.5, 0.6) is 0 Å². The molecule has 0 aliphatic rings. The van der Waals surface area contributed by atoms with Crippen LogP contribution in [0.4, 0.5) is 22.0 Å². The maximum absolute atomic E-state index is 13.9. The van der Waals surface area contributed by atoms with E-state index in [0.717, 1.165) is 18.3 Å². The predicted molar refractivity (Wildman–Crippen MR) is 63.8 cm³/mol. The van der Waals surface area contributed by atoms with Crippen molar-refractivity contribution in [2.45, 2.75) is 13.1 Å². The number of carbonyl (C=O) groups is 1. The van der Waals surface area contributed by atoms with E-state index >= 15 is 0 Å². The van der Waals surface area contributed by atoms with E-state index in [2.05, 4.69) is 4.98 Å². The van der Waals surface area contributed by atoms with Gasteiger partial charge in [0.2, 0.25) is 5.78 Å². The second kappa shape index (κ2) is 5.23. The van der Waals surface area contributed by atoms with Gasteiger partial charge in [-0.15, -0.1) is 0 Å². The molecule has 0 atom stereocenters. The van der Waals surface area contributed by atoms with Crippen molar-refractivity contribution in [3.05, 3.63) is 64.5 Å². The number of aryl methyl sites for hydroxylation is 1. The SMILES string of the molecule is Cc1ccc(F)c(C(=O)c2cnccc2C(F)(F)F)c1F. The molecule has 2 rings (SSSR count). The van der Waals surface area contributed by atoms with E-state index in [-0.39, 0.29) is 5.56 Å². The van der Waals surface area contributed by atoms with Crippen molar-refractivity contribution >= 4 is 5.78 Å². The van der Waals surface area contributed by atoms with E-state index in [1.807, 2.05) is 0 Å². The minimum absolute atomic E-state index is 0.0443. The molecule has 7 heteroatoms. The molecule has 0 unspecified atom stereocenters. The van der Waals surface area contributed by atoms with Gasteiger partial charge in [0.05, 0.1) is 16.7 Å². The molecule has 2 aromatic rings. The molecular formula is C14H8F5NO. The minimum atomic E-state index is -4.83. The van der Waals surface area contributed by atoms with E-state index < -0.39 is 40.3 Å². The molecule has 0 aliphatic heterocycles. The third kappa shape index (κ3) is 2.76. The Morgan fingerprint density at radius 3 is 2.43 bits per heavy atom. The number of benzene rings is 1. The lowest BCUT2D eigenvalue weighted by molar-refractivity contribution is -0.137. The molecule has 2 nitrogen and oxygen atoms in total. The van der Waals surface area contributed by atoms with Gasteiger partial charge in [0.15, 0.2) is 0 Å². The summed E-state index contributed by atoms with van der Waals surface area (Å²) in [5.41, 5.74) is -3.25. The van der Waals surface area contributed by atoms with Crippen LogP contribution in [0.25, 0.3) is 0 Å². The van der Waals surface area contributed by atoms with Gasteiger partial charge in [0.25, 0.3) is 0 Å². The summed E-state index contributed by atoms with van der Waals surface area (Å²) in [5, 5.41) is 0. The van der Waals surface area contributed by atoms with Crippen LogP contribution in [0.2, 0.25) is 0 Å². The van der Waals surface area contributed by atoms with Crippen molar-refractivity contribution in [1.29, 1.82) is 0 Å². The number of hydrogen-bond acceptors (Lipinski definition) is 2. The van der Waals surface area contributed by atoms with Crippen LogP contribution in [-0.2, 0) is 6.18 Å². The summed E-state index contributed by atoms with van der Waals surface area (Å²) in [6.07, 6.45) is -3.33. The van der Waals surface area contributed by atoms with Gasteiger partial charge in [-0.3, -0.25) is 9.78 Å². The molecule has 0 N–H and O–H groups in total. The third-order valence-corrected chi connectivity index (χ3v) is 2.88. The molecule has 0 radical (unpaired) electrons. The standard InChI is InChI=1S/C14H8F5NO/c1-7-2-3-10(15)11(12(7)16)13(21)8-6-20-5-4-9(8)14(17,18)19/h2-6H,1H3. The number of hydrogen-bond donors (Lipinski definition) is 0. The van der Waals surface area contributed by atoms with Crippen LogP contribution in [-0.4, -0.2) is 10.8 Å². The number of rotatable bonds is 2. The normalized spacial score (nSPS) is 11.5. The summed E-state index contributed by atoms with van der Waals surface area (Å²) in [6, 6.07) is 2.50. The van der Waals surface area contributed by atoms with Crippen LogP contribution in [0, 0.1) is 18.6 Å². The highest BCUT2D eigenvalue weighted by Crippen LogP contribution is 2.33. The first kappa shape index (κ1) is 15.1. The van der Waals surface area contributed by atoms with Gasteiger partial charge in [0, 0.05) is 12.4 Å². The Morgan fingerprint density at radius 1 is 1.14 bits per heavy atom. The molecule has 1 aromatic carbocycles. The first-order chi connectivity index (χ1) is 9.73. The fourth-order valence-electron chi connectivity index (χ4n) is 1.82. The van der Waals surface area contributed by atoms with Crippen molar-refractivity contribution < 1.29 is 26.7 Å². The first-order valence-electron chi connectivity index (χ1n) is 5.74. The molecule has 1 aromatic heterocycles. The Labute approximate surface area is 116 Å². The van der Waals surface area contributed by atoms with Crippen molar-refractivity contribution in [3.8, 4) is 0 Å². The lowest BCUT2D eigenvalue weighted by Crippen LogP contribution is -2.16. The highest BCUT2D eigenvalue weighted by Gasteiger charge is 2.36. The smallest absolute Gasteiger partial charge is 0.288 e. The van der Waals surface area contributed by atoms with E-state index in [1.54, 1.807) is 0 Å². The average Bonchev–Trinajstić information content (AvgIpc) is 2.42. The summed E-state index contributed by atoms with van der Waals surface area (Å²) < 4.78 is 66.0. The fraction of sp³-hybridized carbons (Fsp3) is 0.143. The highest BCUT2D eigenvalue weighted by atomic mass is 19.4. The topological polar surface area (TPSA) is 30.0 Å². The van der Waals surface area contributed by atoms with Crippen molar-refractivity contribution in [3.63, 3.8) is 0 Å². The zero-order valence-electron chi connectivity index (χ0n) is 10.6. The Hall–Kier alpha value is -2.31. The Morgan fingerprint density at radius 2 is 1.81 bits per heavy atom. The highest BCUT2D eigenvalue weighted by molar-refractivity contribution is 6.10. The van der Waals surface area contributed by atoms with Crippen molar-refractivity contribution in [1.82, 2.24) is 4.98 Å². The van der Waals surface area contributed by atoms with Gasteiger partial charge in [-0.1, -0.05) is 6.07 Å². The van der Waals surface area contributed by atoms with E-state index in [1.165, 1.54) is 6.92 Å². The number of alkyl halides is 3. The van der Waals surface area contributed by atoms with Gasteiger partial charge in [-0.05, 0) is 24.6 Å². The van der Waals surface area contributed by atoms with Gasteiger partial charge in [-0.2, -0.15) is 13.2 Å². The quantitative estimate of drug-likeness (QED) is 0.621. The molecule has 0 amide bonds. The number of ketones is 1. The van der Waals surface area contributed by atoms with Crippen LogP contribution < -0.4 is 0 Å². The number of pyridine rings is 1. The Kier molecular flexibility index (Phi) is 3.76. The largest absolute Gasteiger partial charge is 0.417 e. The Bertz CT molecular complexity index is 709. The van der Waals surface area contributed by atoms with E-state index in [4.69, 9.17) is 0 Å². The zero-order chi connectivity index (χ0) is 15.8. The number of aromatic nitrogens is 1. The fourth-order valence-corrected chi connectivity index (χ4v) is 1.82. The molecule has 0 bridgehead atoms. The van der Waals surface area contributed by atoms with Crippen LogP contribution in [0.3, 0.4) is 0 Å². The maximum atomic E-state index is 13.9. The average molecular weight is 301 g/mol. The molecule has 0 saturated carbocycles. The Balaban J connectivity index is 2.65. The predicted octanol–water partition coefficient (Wildman–Crippen LogP) is 3.92. The molecule has 0 spiro atoms. The molecule has 110 valence electrons. The van der Waals surface area contributed by atoms with Crippen LogP contribution in [0.15, 0.2) is 30.6 Å². The molecular weight excluding hydrogens is 293 g/mol. The van der Waals surface area contributed by atoms with E-state index in [9.17, 15) is 26.7 Å². The second-order valence-electron chi connectivity index (χ2n) is 4.30. The molecule has 1 heterocycles. The number of nitrogens with zero attached hydrogens (tertiary/aromatic N) is 1. The lowest BCUT2D eigenvalue weighted by atomic mass is 9.98.